The zero-order valence-corrected chi connectivity index (χ0v) is 13.4. The molecule has 8 N–H and O–H groups in total. The SMILES string of the molecule is N/N=c1/c(N)cc(C(=O)Nc2cc3ccccc3cc2C(=O)O)nn1N. The van der Waals surface area contributed by atoms with Gasteiger partial charge in [0.05, 0.1) is 16.9 Å². The van der Waals surface area contributed by atoms with Gasteiger partial charge in [-0.15, -0.1) is 5.10 Å². The number of amides is 1. The van der Waals surface area contributed by atoms with E-state index in [-0.39, 0.29) is 28.1 Å². The molecule has 26 heavy (non-hydrogen) atoms. The van der Waals surface area contributed by atoms with Gasteiger partial charge in [-0.1, -0.05) is 24.3 Å². The normalized spacial score (nSPS) is 11.5. The van der Waals surface area contributed by atoms with Crippen molar-refractivity contribution in [1.82, 2.24) is 9.89 Å². The molecule has 0 aliphatic heterocycles. The molecule has 0 radical (unpaired) electrons. The molecule has 10 nitrogen and oxygen atoms in total. The van der Waals surface area contributed by atoms with Gasteiger partial charge in [-0.3, -0.25) is 4.79 Å². The predicted octanol–water partition coefficient (Wildman–Crippen LogP) is 0.0572. The minimum Gasteiger partial charge on any atom is -0.478 e. The van der Waals surface area contributed by atoms with Crippen LogP contribution in [0, 0.1) is 0 Å². The summed E-state index contributed by atoms with van der Waals surface area (Å²) in [7, 11) is 0. The number of nitrogens with one attached hydrogen (secondary N) is 1. The number of carbonyl (C=O) groups is 2. The molecule has 0 fully saturated rings. The number of carboxylic acid groups (broad SMARTS) is 1. The van der Waals surface area contributed by atoms with Crippen molar-refractivity contribution in [3.63, 3.8) is 0 Å². The van der Waals surface area contributed by atoms with Gasteiger partial charge in [0, 0.05) is 0 Å². The summed E-state index contributed by atoms with van der Waals surface area (Å²) >= 11 is 0. The Labute approximate surface area is 146 Å². The Balaban J connectivity index is 2.04. The average Bonchev–Trinajstić information content (AvgIpc) is 2.60. The summed E-state index contributed by atoms with van der Waals surface area (Å²) in [6.07, 6.45) is 0. The third-order valence-corrected chi connectivity index (χ3v) is 3.70. The predicted molar refractivity (Wildman–Crippen MR) is 95.4 cm³/mol. The van der Waals surface area contributed by atoms with Crippen molar-refractivity contribution in [2.45, 2.75) is 0 Å². The number of hydrogen-bond donors (Lipinski definition) is 5. The maximum atomic E-state index is 12.5. The topological polar surface area (TPSA) is 175 Å². The van der Waals surface area contributed by atoms with Crippen LogP contribution < -0.4 is 28.2 Å². The number of benzene rings is 2. The van der Waals surface area contributed by atoms with E-state index < -0.39 is 11.9 Å². The summed E-state index contributed by atoms with van der Waals surface area (Å²) in [5.74, 6) is 8.88. The number of hydrogen-bond acceptors (Lipinski definition) is 7. The van der Waals surface area contributed by atoms with Crippen molar-refractivity contribution in [3.05, 3.63) is 59.2 Å². The molecule has 0 aliphatic carbocycles. The number of anilines is 2. The lowest BCUT2D eigenvalue weighted by atomic mass is 10.0. The van der Waals surface area contributed by atoms with Crippen LogP contribution >= 0.6 is 0 Å². The van der Waals surface area contributed by atoms with Crippen LogP contribution in [0.25, 0.3) is 10.8 Å². The van der Waals surface area contributed by atoms with Crippen LogP contribution in [0.3, 0.4) is 0 Å². The first-order chi connectivity index (χ1) is 12.4. The lowest BCUT2D eigenvalue weighted by Crippen LogP contribution is -2.35. The third kappa shape index (κ3) is 2.98. The van der Waals surface area contributed by atoms with Gasteiger partial charge in [-0.05, 0) is 29.0 Å². The van der Waals surface area contributed by atoms with E-state index in [1.54, 1.807) is 24.3 Å². The lowest BCUT2D eigenvalue weighted by molar-refractivity contribution is 0.0698. The summed E-state index contributed by atoms with van der Waals surface area (Å²) in [6, 6.07) is 11.5. The van der Waals surface area contributed by atoms with Crippen molar-refractivity contribution >= 4 is 34.0 Å². The highest BCUT2D eigenvalue weighted by Gasteiger charge is 2.17. The van der Waals surface area contributed by atoms with E-state index in [0.29, 0.717) is 0 Å². The number of nitrogens with zero attached hydrogens (tertiary/aromatic N) is 3. The molecule has 3 aromatic rings. The van der Waals surface area contributed by atoms with E-state index in [0.717, 1.165) is 15.6 Å². The van der Waals surface area contributed by atoms with Gasteiger partial charge >= 0.3 is 5.97 Å². The molecule has 132 valence electrons. The van der Waals surface area contributed by atoms with E-state index in [4.69, 9.17) is 17.4 Å². The van der Waals surface area contributed by atoms with Crippen LogP contribution in [0.1, 0.15) is 20.8 Å². The minimum absolute atomic E-state index is 0.00141. The van der Waals surface area contributed by atoms with Gasteiger partial charge in [0.1, 0.15) is 0 Å². The number of fused-ring (bicyclic) bond motifs is 1. The first-order valence-electron chi connectivity index (χ1n) is 7.37. The molecule has 0 unspecified atom stereocenters. The van der Waals surface area contributed by atoms with Gasteiger partial charge in [-0.2, -0.15) is 9.89 Å². The van der Waals surface area contributed by atoms with Crippen molar-refractivity contribution in [1.29, 1.82) is 0 Å². The number of aromatic carboxylic acids is 1. The molecule has 0 aliphatic rings. The van der Waals surface area contributed by atoms with Crippen LogP contribution in [-0.2, 0) is 0 Å². The second kappa shape index (κ2) is 6.43. The monoisotopic (exact) mass is 353 g/mol. The van der Waals surface area contributed by atoms with E-state index in [1.165, 1.54) is 12.1 Å². The molecule has 0 spiro atoms. The van der Waals surface area contributed by atoms with Crippen LogP contribution in [0.4, 0.5) is 11.4 Å². The number of carbonyl (C=O) groups excluding carboxylic acids is 1. The zero-order valence-electron chi connectivity index (χ0n) is 13.4. The summed E-state index contributed by atoms with van der Waals surface area (Å²) in [4.78, 5) is 24.8. The van der Waals surface area contributed by atoms with Crippen molar-refractivity contribution in [2.75, 3.05) is 16.9 Å². The van der Waals surface area contributed by atoms with Gasteiger partial charge in [0.15, 0.2) is 5.69 Å². The fraction of sp³-hybridized carbons (Fsp3) is 0. The smallest absolute Gasteiger partial charge is 0.337 e. The molecule has 2 aromatic carbocycles. The van der Waals surface area contributed by atoms with Gasteiger partial charge in [0.25, 0.3) is 5.91 Å². The largest absolute Gasteiger partial charge is 0.478 e. The Hall–Kier alpha value is -4.08. The van der Waals surface area contributed by atoms with Gasteiger partial charge in [-0.25, -0.2) is 4.79 Å². The Morgan fingerprint density at radius 2 is 1.81 bits per heavy atom. The fourth-order valence-corrected chi connectivity index (χ4v) is 2.49. The Morgan fingerprint density at radius 1 is 1.15 bits per heavy atom. The van der Waals surface area contributed by atoms with Crippen LogP contribution in [0.15, 0.2) is 47.6 Å². The van der Waals surface area contributed by atoms with E-state index in [2.05, 4.69) is 15.5 Å². The first-order valence-corrected chi connectivity index (χ1v) is 7.37. The maximum absolute atomic E-state index is 12.5. The molecule has 0 bridgehead atoms. The summed E-state index contributed by atoms with van der Waals surface area (Å²) in [5.41, 5.74) is 5.72. The Kier molecular flexibility index (Phi) is 4.15. The van der Waals surface area contributed by atoms with E-state index >= 15 is 0 Å². The molecule has 0 saturated carbocycles. The minimum atomic E-state index is -1.18. The highest BCUT2D eigenvalue weighted by Crippen LogP contribution is 2.24. The molecule has 1 heterocycles. The Bertz CT molecular complexity index is 1080. The highest BCUT2D eigenvalue weighted by atomic mass is 16.4. The molecule has 0 saturated heterocycles. The summed E-state index contributed by atoms with van der Waals surface area (Å²) < 4.78 is 0. The van der Waals surface area contributed by atoms with E-state index in [9.17, 15) is 14.7 Å². The van der Waals surface area contributed by atoms with Crippen LogP contribution in [-0.4, -0.2) is 26.9 Å². The molecule has 3 rings (SSSR count). The summed E-state index contributed by atoms with van der Waals surface area (Å²) in [6.45, 7) is 0. The molecular formula is C16H15N7O3. The van der Waals surface area contributed by atoms with Gasteiger partial charge < -0.3 is 27.8 Å². The summed E-state index contributed by atoms with van der Waals surface area (Å²) in [5, 5.41) is 20.6. The van der Waals surface area contributed by atoms with Crippen molar-refractivity contribution < 1.29 is 14.7 Å². The molecular weight excluding hydrogens is 338 g/mol. The van der Waals surface area contributed by atoms with Gasteiger partial charge in [0.2, 0.25) is 5.49 Å². The van der Waals surface area contributed by atoms with E-state index in [1.807, 2.05) is 6.07 Å². The lowest BCUT2D eigenvalue weighted by Gasteiger charge is -2.11. The standard InChI is InChI=1S/C16H15N7O3/c17-11-7-13(22-23(19)14(11)21-18)15(24)20-12-6-9-4-2-1-3-8(9)5-10(12)16(25)26/h1-7H,17-19H2,(H,20,24)(H,25,26)/b21-14-. The maximum Gasteiger partial charge on any atom is 0.337 e. The average molecular weight is 353 g/mol. The second-order valence-corrected chi connectivity index (χ2v) is 5.39. The number of aromatic nitrogens is 2. The number of nitrogen functional groups attached to an aromatic ring is 2. The molecule has 0 atom stereocenters. The number of nitrogens with two attached hydrogens (primary N) is 3. The number of rotatable bonds is 3. The second-order valence-electron chi connectivity index (χ2n) is 5.39. The molecule has 10 heteroatoms. The van der Waals surface area contributed by atoms with Crippen molar-refractivity contribution in [3.8, 4) is 0 Å². The third-order valence-electron chi connectivity index (χ3n) is 3.70. The first kappa shape index (κ1) is 16.8. The quantitative estimate of drug-likeness (QED) is 0.326. The molecule has 1 amide bonds. The van der Waals surface area contributed by atoms with Crippen LogP contribution in [0.5, 0.6) is 0 Å². The number of carboxylic acids is 1. The van der Waals surface area contributed by atoms with Crippen LogP contribution in [0.2, 0.25) is 0 Å². The Morgan fingerprint density at radius 3 is 2.38 bits per heavy atom. The van der Waals surface area contributed by atoms with Crippen molar-refractivity contribution in [2.24, 2.45) is 10.9 Å². The zero-order chi connectivity index (χ0) is 18.8. The molecule has 1 aromatic heterocycles. The highest BCUT2D eigenvalue weighted by molar-refractivity contribution is 6.09. The fourth-order valence-electron chi connectivity index (χ4n) is 2.49.